The van der Waals surface area contributed by atoms with Gasteiger partial charge in [0.15, 0.2) is 0 Å². The molecule has 0 bridgehead atoms. The Hall–Kier alpha value is -0.520. The lowest BCUT2D eigenvalue weighted by Crippen LogP contribution is -2.22. The summed E-state index contributed by atoms with van der Waals surface area (Å²) in [6.07, 6.45) is 0. The minimum atomic E-state index is 0.780. The van der Waals surface area contributed by atoms with Gasteiger partial charge < -0.3 is 4.74 Å². The average molecular weight is 141 g/mol. The monoisotopic (exact) mass is 141 g/mol. The molecule has 0 amide bonds. The minimum absolute atomic E-state index is 0.780. The van der Waals surface area contributed by atoms with Crippen LogP contribution in [0.3, 0.4) is 0 Å². The molecule has 0 spiro atoms. The van der Waals surface area contributed by atoms with Gasteiger partial charge in [-0.05, 0) is 14.0 Å². The fourth-order valence-electron chi connectivity index (χ4n) is 0.540. The molecule has 0 aliphatic carbocycles. The first-order chi connectivity index (χ1) is 4.81. The molecule has 0 heterocycles. The highest BCUT2D eigenvalue weighted by atomic mass is 16.5. The molecular formula is C8H15NO. The fraction of sp³-hybridized carbons (Fsp3) is 0.750. The highest BCUT2D eigenvalue weighted by Gasteiger charge is 1.91. The van der Waals surface area contributed by atoms with Gasteiger partial charge in [-0.2, -0.15) is 0 Å². The van der Waals surface area contributed by atoms with Gasteiger partial charge in [0.2, 0.25) is 0 Å². The summed E-state index contributed by atoms with van der Waals surface area (Å²) in [6, 6.07) is 0. The van der Waals surface area contributed by atoms with Gasteiger partial charge in [-0.25, -0.2) is 0 Å². The second-order valence-corrected chi connectivity index (χ2v) is 2.16. The van der Waals surface area contributed by atoms with E-state index < -0.39 is 0 Å². The molecule has 0 aromatic heterocycles. The van der Waals surface area contributed by atoms with Crippen LogP contribution in [0.2, 0.25) is 0 Å². The maximum atomic E-state index is 4.90. The second-order valence-electron chi connectivity index (χ2n) is 2.16. The number of rotatable bonds is 4. The molecular weight excluding hydrogens is 126 g/mol. The van der Waals surface area contributed by atoms with Gasteiger partial charge in [0.05, 0.1) is 13.2 Å². The smallest absolute Gasteiger partial charge is 0.0599 e. The molecule has 0 fully saturated rings. The van der Waals surface area contributed by atoms with E-state index in [4.69, 9.17) is 4.74 Å². The van der Waals surface area contributed by atoms with Gasteiger partial charge >= 0.3 is 0 Å². The van der Waals surface area contributed by atoms with Gasteiger partial charge in [0.25, 0.3) is 0 Å². The van der Waals surface area contributed by atoms with Crippen molar-refractivity contribution in [2.45, 2.75) is 6.92 Å². The van der Waals surface area contributed by atoms with Crippen LogP contribution in [-0.4, -0.2) is 38.8 Å². The third kappa shape index (κ3) is 5.61. The van der Waals surface area contributed by atoms with Crippen LogP contribution in [0.1, 0.15) is 6.92 Å². The van der Waals surface area contributed by atoms with Crippen molar-refractivity contribution in [2.75, 3.05) is 33.9 Å². The number of ether oxygens (including phenoxy) is 1. The molecule has 2 nitrogen and oxygen atoms in total. The standard InChI is InChI=1S/C8H15NO/c1-4-5-6-9(2)7-8-10-3/h6-8H2,1-3H3. The summed E-state index contributed by atoms with van der Waals surface area (Å²) in [6.45, 7) is 4.41. The summed E-state index contributed by atoms with van der Waals surface area (Å²) in [7, 11) is 3.74. The first-order valence-corrected chi connectivity index (χ1v) is 3.38. The van der Waals surface area contributed by atoms with Crippen LogP contribution in [0.5, 0.6) is 0 Å². The largest absolute Gasteiger partial charge is 0.383 e. The number of nitrogens with zero attached hydrogens (tertiary/aromatic N) is 1. The van der Waals surface area contributed by atoms with Crippen LogP contribution in [0.25, 0.3) is 0 Å². The maximum Gasteiger partial charge on any atom is 0.0599 e. The molecule has 2 heteroatoms. The summed E-state index contributed by atoms with van der Waals surface area (Å²) in [4.78, 5) is 2.12. The molecule has 0 aromatic rings. The van der Waals surface area contributed by atoms with Gasteiger partial charge in [-0.1, -0.05) is 5.92 Å². The number of hydrogen-bond donors (Lipinski definition) is 0. The first kappa shape index (κ1) is 9.48. The topological polar surface area (TPSA) is 12.5 Å². The molecule has 10 heavy (non-hydrogen) atoms. The summed E-state index contributed by atoms with van der Waals surface area (Å²) in [5, 5.41) is 0. The third-order valence-corrected chi connectivity index (χ3v) is 1.20. The van der Waals surface area contributed by atoms with Crippen molar-refractivity contribution in [2.24, 2.45) is 0 Å². The number of hydrogen-bond acceptors (Lipinski definition) is 2. The molecule has 0 aliphatic rings. The Labute approximate surface area is 63.2 Å². The zero-order valence-electron chi connectivity index (χ0n) is 6.98. The van der Waals surface area contributed by atoms with E-state index in [9.17, 15) is 0 Å². The van der Waals surface area contributed by atoms with E-state index in [2.05, 4.69) is 16.7 Å². The van der Waals surface area contributed by atoms with Crippen molar-refractivity contribution in [3.63, 3.8) is 0 Å². The predicted octanol–water partition coefficient (Wildman–Crippen LogP) is 0.588. The van der Waals surface area contributed by atoms with E-state index in [1.54, 1.807) is 7.11 Å². The van der Waals surface area contributed by atoms with E-state index in [-0.39, 0.29) is 0 Å². The summed E-state index contributed by atoms with van der Waals surface area (Å²) in [5.74, 6) is 5.82. The van der Waals surface area contributed by atoms with Crippen LogP contribution in [-0.2, 0) is 4.74 Å². The van der Waals surface area contributed by atoms with Crippen molar-refractivity contribution in [3.05, 3.63) is 0 Å². The Balaban J connectivity index is 3.21. The minimum Gasteiger partial charge on any atom is -0.383 e. The molecule has 0 aromatic carbocycles. The van der Waals surface area contributed by atoms with Crippen molar-refractivity contribution >= 4 is 0 Å². The van der Waals surface area contributed by atoms with Crippen LogP contribution < -0.4 is 0 Å². The molecule has 0 saturated heterocycles. The second kappa shape index (κ2) is 6.60. The zero-order chi connectivity index (χ0) is 7.82. The van der Waals surface area contributed by atoms with Crippen LogP contribution in [0, 0.1) is 11.8 Å². The zero-order valence-corrected chi connectivity index (χ0v) is 6.98. The highest BCUT2D eigenvalue weighted by molar-refractivity contribution is 4.97. The van der Waals surface area contributed by atoms with E-state index in [0.717, 1.165) is 19.7 Å². The Morgan fingerprint density at radius 1 is 1.50 bits per heavy atom. The summed E-state index contributed by atoms with van der Waals surface area (Å²) in [5.41, 5.74) is 0. The SMILES string of the molecule is CC#CCN(C)CCOC. The van der Waals surface area contributed by atoms with Crippen LogP contribution in [0.15, 0.2) is 0 Å². The summed E-state index contributed by atoms with van der Waals surface area (Å²) < 4.78 is 4.90. The molecule has 0 saturated carbocycles. The Kier molecular flexibility index (Phi) is 6.25. The van der Waals surface area contributed by atoms with Crippen molar-refractivity contribution in [1.82, 2.24) is 4.90 Å². The lowest BCUT2D eigenvalue weighted by atomic mass is 10.5. The summed E-state index contributed by atoms with van der Waals surface area (Å²) >= 11 is 0. The fourth-order valence-corrected chi connectivity index (χ4v) is 0.540. The van der Waals surface area contributed by atoms with E-state index in [0.29, 0.717) is 0 Å². The van der Waals surface area contributed by atoms with Gasteiger partial charge in [0, 0.05) is 13.7 Å². The molecule has 0 atom stereocenters. The number of methoxy groups -OCH3 is 1. The van der Waals surface area contributed by atoms with Crippen LogP contribution in [0.4, 0.5) is 0 Å². The van der Waals surface area contributed by atoms with Crippen LogP contribution >= 0.6 is 0 Å². The van der Waals surface area contributed by atoms with Crippen molar-refractivity contribution < 1.29 is 4.74 Å². The van der Waals surface area contributed by atoms with E-state index >= 15 is 0 Å². The molecule has 0 unspecified atom stereocenters. The molecule has 0 N–H and O–H groups in total. The molecule has 0 aliphatic heterocycles. The maximum absolute atomic E-state index is 4.90. The van der Waals surface area contributed by atoms with Crippen molar-refractivity contribution in [1.29, 1.82) is 0 Å². The van der Waals surface area contributed by atoms with Gasteiger partial charge in [-0.3, -0.25) is 4.90 Å². The highest BCUT2D eigenvalue weighted by Crippen LogP contribution is 1.79. The molecule has 58 valence electrons. The predicted molar refractivity (Wildman–Crippen MR) is 42.8 cm³/mol. The number of likely N-dealkylation sites (N-methyl/N-ethyl adjacent to an activating group) is 1. The molecule has 0 radical (unpaired) electrons. The lowest BCUT2D eigenvalue weighted by molar-refractivity contribution is 0.167. The lowest BCUT2D eigenvalue weighted by Gasteiger charge is -2.11. The third-order valence-electron chi connectivity index (χ3n) is 1.20. The first-order valence-electron chi connectivity index (χ1n) is 3.38. The van der Waals surface area contributed by atoms with E-state index in [1.165, 1.54) is 0 Å². The van der Waals surface area contributed by atoms with E-state index in [1.807, 2.05) is 14.0 Å². The normalized spacial score (nSPS) is 9.20. The Bertz CT molecular complexity index is 123. The van der Waals surface area contributed by atoms with Crippen molar-refractivity contribution in [3.8, 4) is 11.8 Å². The van der Waals surface area contributed by atoms with Gasteiger partial charge in [-0.15, -0.1) is 5.92 Å². The Morgan fingerprint density at radius 3 is 2.70 bits per heavy atom. The molecule has 0 rings (SSSR count). The van der Waals surface area contributed by atoms with Gasteiger partial charge in [0.1, 0.15) is 0 Å². The average Bonchev–Trinajstić information content (AvgIpc) is 1.97. The quantitative estimate of drug-likeness (QED) is 0.531. The Morgan fingerprint density at radius 2 is 2.20 bits per heavy atom.